The van der Waals surface area contributed by atoms with Crippen LogP contribution in [0.2, 0.25) is 0 Å². The molecule has 2 N–H and O–H groups in total. The van der Waals surface area contributed by atoms with Crippen LogP contribution < -0.4 is 0 Å². The third-order valence-electron chi connectivity index (χ3n) is 7.99. The van der Waals surface area contributed by atoms with Crippen molar-refractivity contribution in [2.45, 2.75) is 187 Å². The molecule has 0 aliphatic carbocycles. The zero-order valence-electron chi connectivity index (χ0n) is 29.2. The lowest BCUT2D eigenvalue weighted by molar-refractivity contribution is -0.152. The summed E-state index contributed by atoms with van der Waals surface area (Å²) in [6, 6.07) is 0. The molecule has 6 heteroatoms. The number of hydrogen-bond acceptors (Lipinski definition) is 6. The molecule has 0 aromatic rings. The highest BCUT2D eigenvalue weighted by Crippen LogP contribution is 2.14. The lowest BCUT2D eigenvalue weighted by atomic mass is 10.0. The van der Waals surface area contributed by atoms with Crippen LogP contribution in [0.4, 0.5) is 0 Å². The average Bonchev–Trinajstić information content (AvgIpc) is 3.03. The Morgan fingerprint density at radius 2 is 1.00 bits per heavy atom. The maximum atomic E-state index is 11.9. The largest absolute Gasteiger partial charge is 0.463 e. The minimum atomic E-state index is -0.993. The second kappa shape index (κ2) is 34.9. The molecule has 0 fully saturated rings. The first-order chi connectivity index (χ1) is 22.0. The van der Waals surface area contributed by atoms with Gasteiger partial charge in [-0.1, -0.05) is 166 Å². The highest BCUT2D eigenvalue weighted by molar-refractivity contribution is 5.69. The van der Waals surface area contributed by atoms with Crippen molar-refractivity contribution >= 4 is 11.9 Å². The summed E-state index contributed by atoms with van der Waals surface area (Å²) in [7, 11) is 0. The summed E-state index contributed by atoms with van der Waals surface area (Å²) < 4.78 is 10.3. The van der Waals surface area contributed by atoms with E-state index >= 15 is 0 Å². The van der Waals surface area contributed by atoms with E-state index in [4.69, 9.17) is 9.47 Å². The van der Waals surface area contributed by atoms with Crippen molar-refractivity contribution in [3.63, 3.8) is 0 Å². The first kappa shape index (κ1) is 43.1. The molecule has 0 spiro atoms. The molecule has 0 aliphatic rings. The maximum absolute atomic E-state index is 11.9. The topological polar surface area (TPSA) is 93.1 Å². The smallest absolute Gasteiger partial charge is 0.305 e. The summed E-state index contributed by atoms with van der Waals surface area (Å²) in [6.45, 7) is 4.09. The number of aliphatic hydroxyl groups is 2. The minimum absolute atomic E-state index is 0.140. The summed E-state index contributed by atoms with van der Waals surface area (Å²) in [5.74, 6) is -0.636. The molecule has 0 amide bonds. The van der Waals surface area contributed by atoms with E-state index in [1.165, 1.54) is 77.0 Å². The van der Waals surface area contributed by atoms with Crippen molar-refractivity contribution in [2.24, 2.45) is 0 Å². The number of ether oxygens (including phenoxy) is 2. The summed E-state index contributed by atoms with van der Waals surface area (Å²) in [4.78, 5) is 23.9. The van der Waals surface area contributed by atoms with Crippen LogP contribution in [-0.2, 0) is 19.1 Å². The maximum Gasteiger partial charge on any atom is 0.305 e. The minimum Gasteiger partial charge on any atom is -0.463 e. The lowest BCUT2D eigenvalue weighted by Crippen LogP contribution is -2.25. The highest BCUT2D eigenvalue weighted by atomic mass is 16.6. The number of unbranched alkanes of at least 4 members (excludes halogenated alkanes) is 18. The quantitative estimate of drug-likeness (QED) is 0.0323. The molecule has 0 radical (unpaired) electrons. The number of carbonyl (C=O) groups is 2. The second-order valence-corrected chi connectivity index (χ2v) is 12.5. The molecular formula is C39H70O6. The summed E-state index contributed by atoms with van der Waals surface area (Å²) in [6.07, 6.45) is 37.9. The van der Waals surface area contributed by atoms with Gasteiger partial charge in [0.15, 0.2) is 0 Å². The van der Waals surface area contributed by atoms with Crippen molar-refractivity contribution in [1.29, 1.82) is 0 Å². The molecule has 0 saturated heterocycles. The van der Waals surface area contributed by atoms with Gasteiger partial charge >= 0.3 is 11.9 Å². The first-order valence-electron chi connectivity index (χ1n) is 18.6. The van der Waals surface area contributed by atoms with Crippen molar-refractivity contribution < 1.29 is 29.3 Å². The van der Waals surface area contributed by atoms with Gasteiger partial charge < -0.3 is 19.7 Å². The van der Waals surface area contributed by atoms with Crippen molar-refractivity contribution in [1.82, 2.24) is 0 Å². The van der Waals surface area contributed by atoms with E-state index < -0.39 is 12.2 Å². The molecule has 1 unspecified atom stereocenters. The predicted molar refractivity (Wildman–Crippen MR) is 188 cm³/mol. The van der Waals surface area contributed by atoms with Crippen LogP contribution >= 0.6 is 0 Å². The second-order valence-electron chi connectivity index (χ2n) is 12.5. The van der Waals surface area contributed by atoms with E-state index in [1.54, 1.807) is 0 Å². The lowest BCUT2D eigenvalue weighted by Gasteiger charge is -2.12. The number of allylic oxidation sites excluding steroid dienone is 5. The number of carbonyl (C=O) groups excluding carboxylic acids is 2. The van der Waals surface area contributed by atoms with Crippen molar-refractivity contribution in [3.05, 3.63) is 36.5 Å². The third kappa shape index (κ3) is 34.8. The zero-order chi connectivity index (χ0) is 33.1. The van der Waals surface area contributed by atoms with Gasteiger partial charge in [0.05, 0.1) is 6.10 Å². The average molecular weight is 635 g/mol. The van der Waals surface area contributed by atoms with E-state index in [9.17, 15) is 19.8 Å². The van der Waals surface area contributed by atoms with Gasteiger partial charge in [-0.2, -0.15) is 0 Å². The highest BCUT2D eigenvalue weighted by Gasteiger charge is 2.12. The van der Waals surface area contributed by atoms with Crippen LogP contribution in [0.1, 0.15) is 174 Å². The molecular weight excluding hydrogens is 564 g/mol. The summed E-state index contributed by atoms with van der Waals surface area (Å²) in [5, 5.41) is 20.0. The van der Waals surface area contributed by atoms with E-state index in [0.29, 0.717) is 12.8 Å². The first-order valence-corrected chi connectivity index (χ1v) is 18.6. The van der Waals surface area contributed by atoms with Gasteiger partial charge in [0.25, 0.3) is 0 Å². The van der Waals surface area contributed by atoms with Gasteiger partial charge in [0.2, 0.25) is 0 Å². The number of rotatable bonds is 33. The van der Waals surface area contributed by atoms with Gasteiger partial charge in [-0.15, -0.1) is 0 Å². The number of aliphatic hydroxyl groups excluding tert-OH is 2. The van der Waals surface area contributed by atoms with Gasteiger partial charge in [-0.05, 0) is 32.1 Å². The molecule has 0 bridgehead atoms. The van der Waals surface area contributed by atoms with Gasteiger partial charge in [0.1, 0.15) is 19.3 Å². The van der Waals surface area contributed by atoms with Gasteiger partial charge in [0, 0.05) is 12.8 Å². The Bertz CT molecular complexity index is 744. The molecule has 0 saturated carbocycles. The monoisotopic (exact) mass is 635 g/mol. The molecule has 0 heterocycles. The van der Waals surface area contributed by atoms with Crippen LogP contribution in [0, 0.1) is 0 Å². The van der Waals surface area contributed by atoms with E-state index in [1.807, 2.05) is 18.2 Å². The Morgan fingerprint density at radius 3 is 1.47 bits per heavy atom. The van der Waals surface area contributed by atoms with E-state index in [0.717, 1.165) is 70.6 Å². The van der Waals surface area contributed by atoms with Crippen molar-refractivity contribution in [2.75, 3.05) is 13.2 Å². The molecule has 6 nitrogen and oxygen atoms in total. The fourth-order valence-electron chi connectivity index (χ4n) is 5.15. The van der Waals surface area contributed by atoms with Gasteiger partial charge in [-0.3, -0.25) is 9.59 Å². The fraction of sp³-hybridized carbons (Fsp3) is 0.795. The standard InChI is InChI=1S/C39H70O6/c1-3-5-7-9-11-12-13-14-15-16-17-18-20-24-28-32-38(42)44-34-37(41)35-45-39(43)33-29-25-21-23-27-31-36(40)30-26-22-19-10-8-6-4-2/h6,8,19,22,26,30,36-37,40-41H,3-5,7,9-18,20-21,23-25,27-29,31-35H2,1-2H3/b8-6+,22-19+,30-26+/t36?,37-/m0/s1. The molecule has 2 atom stereocenters. The molecule has 0 aromatic heterocycles. The zero-order valence-corrected chi connectivity index (χ0v) is 29.2. The van der Waals surface area contributed by atoms with Crippen LogP contribution in [0.5, 0.6) is 0 Å². The predicted octanol–water partition coefficient (Wildman–Crippen LogP) is 10.3. The van der Waals surface area contributed by atoms with Crippen LogP contribution in [0.3, 0.4) is 0 Å². The number of hydrogen-bond donors (Lipinski definition) is 2. The summed E-state index contributed by atoms with van der Waals surface area (Å²) in [5.41, 5.74) is 0. The Hall–Kier alpha value is -1.92. The van der Waals surface area contributed by atoms with Crippen LogP contribution in [0.15, 0.2) is 36.5 Å². The SMILES string of the molecule is CC/C=C/C/C=C/C=C/C(O)CCCCCCCC(=O)OC[C@@H](O)COC(=O)CCCCCCCCCCCCCCCCC. The van der Waals surface area contributed by atoms with Gasteiger partial charge in [-0.25, -0.2) is 0 Å². The molecule has 0 aromatic carbocycles. The molecule has 262 valence electrons. The van der Waals surface area contributed by atoms with Crippen molar-refractivity contribution in [3.8, 4) is 0 Å². The van der Waals surface area contributed by atoms with Crippen LogP contribution in [0.25, 0.3) is 0 Å². The molecule has 0 rings (SSSR count). The Balaban J connectivity index is 3.52. The van der Waals surface area contributed by atoms with E-state index in [2.05, 4.69) is 32.1 Å². The normalized spacial score (nSPS) is 13.2. The van der Waals surface area contributed by atoms with Crippen LogP contribution in [-0.4, -0.2) is 47.6 Å². The molecule has 45 heavy (non-hydrogen) atoms. The van der Waals surface area contributed by atoms with E-state index in [-0.39, 0.29) is 25.2 Å². The summed E-state index contributed by atoms with van der Waals surface area (Å²) >= 11 is 0. The molecule has 0 aliphatic heterocycles. The number of esters is 2. The Morgan fingerprint density at radius 1 is 0.556 bits per heavy atom. The third-order valence-corrected chi connectivity index (χ3v) is 7.99. The Kier molecular flexibility index (Phi) is 33.5. The fourth-order valence-corrected chi connectivity index (χ4v) is 5.15. The Labute approximate surface area is 277 Å².